The van der Waals surface area contributed by atoms with E-state index in [1.54, 1.807) is 5.32 Å². The maximum absolute atomic E-state index is 13.5. The van der Waals surface area contributed by atoms with Crippen LogP contribution < -0.4 is 24.8 Å². The van der Waals surface area contributed by atoms with Crippen LogP contribution in [-0.4, -0.2) is 35.2 Å². The lowest BCUT2D eigenvalue weighted by molar-refractivity contribution is -0.317. The van der Waals surface area contributed by atoms with Crippen molar-refractivity contribution in [3.8, 4) is 17.4 Å². The van der Waals surface area contributed by atoms with Crippen LogP contribution in [0.3, 0.4) is 0 Å². The van der Waals surface area contributed by atoms with Gasteiger partial charge < -0.3 is 14.2 Å². The molecule has 2 heterocycles. The highest BCUT2D eigenvalue weighted by Crippen LogP contribution is 2.46. The minimum absolute atomic E-state index is 0.0924. The number of carbonyl (C=O) groups is 1. The summed E-state index contributed by atoms with van der Waals surface area (Å²) in [5, 5.41) is 3.87. The molecule has 138 valence electrons. The maximum Gasteiger partial charge on any atom is 0.492 e. The Morgan fingerprint density at radius 1 is 1.23 bits per heavy atom. The summed E-state index contributed by atoms with van der Waals surface area (Å²) in [6.45, 7) is 0. The molecule has 0 fully saturated rings. The number of urea groups is 1. The third-order valence-electron chi connectivity index (χ3n) is 3.16. The zero-order valence-corrected chi connectivity index (χ0v) is 13.7. The molecule has 26 heavy (non-hydrogen) atoms. The number of methoxy groups -OCH3 is 1. The minimum atomic E-state index is -5.10. The van der Waals surface area contributed by atoms with Crippen LogP contribution >= 0.6 is 11.6 Å². The van der Waals surface area contributed by atoms with Crippen LogP contribution in [0.5, 0.6) is 17.4 Å². The summed E-state index contributed by atoms with van der Waals surface area (Å²) in [6, 6.07) is 3.59. The van der Waals surface area contributed by atoms with E-state index in [4.69, 9.17) is 25.8 Å². The summed E-state index contributed by atoms with van der Waals surface area (Å²) < 4.78 is 55.1. The topological polar surface area (TPSA) is 94.6 Å². The lowest BCUT2D eigenvalue weighted by Gasteiger charge is -2.29. The van der Waals surface area contributed by atoms with Crippen molar-refractivity contribution in [2.75, 3.05) is 12.4 Å². The molecule has 1 aromatic heterocycles. The van der Waals surface area contributed by atoms with E-state index < -0.39 is 18.1 Å². The number of halogens is 4. The Kier molecular flexibility index (Phi) is 4.40. The highest BCUT2D eigenvalue weighted by molar-refractivity contribution is 6.30. The van der Waals surface area contributed by atoms with Crippen LogP contribution in [0.2, 0.25) is 5.02 Å². The Bertz CT molecular complexity index is 851. The van der Waals surface area contributed by atoms with E-state index in [-0.39, 0.29) is 28.2 Å². The van der Waals surface area contributed by atoms with Crippen molar-refractivity contribution < 1.29 is 32.2 Å². The molecular weight excluding hydrogens is 381 g/mol. The number of benzene rings is 1. The van der Waals surface area contributed by atoms with Gasteiger partial charge in [0, 0.05) is 17.2 Å². The highest BCUT2D eigenvalue weighted by atomic mass is 35.5. The van der Waals surface area contributed by atoms with E-state index in [1.165, 1.54) is 25.3 Å². The summed E-state index contributed by atoms with van der Waals surface area (Å²) in [6.07, 6.45) is -4.03. The predicted molar refractivity (Wildman–Crippen MR) is 82.2 cm³/mol. The monoisotopic (exact) mass is 390 g/mol. The molecule has 0 saturated carbocycles. The van der Waals surface area contributed by atoms with Crippen LogP contribution in [0, 0.1) is 0 Å². The Balaban J connectivity index is 1.81. The Morgan fingerprint density at radius 2 is 1.96 bits per heavy atom. The molecule has 2 amide bonds. The van der Waals surface area contributed by atoms with Gasteiger partial charge in [-0.25, -0.2) is 14.8 Å². The number of hydrogen-bond donors (Lipinski definition) is 2. The predicted octanol–water partition coefficient (Wildman–Crippen LogP) is 2.95. The van der Waals surface area contributed by atoms with Gasteiger partial charge in [0.05, 0.1) is 7.11 Å². The third kappa shape index (κ3) is 3.38. The van der Waals surface area contributed by atoms with Gasteiger partial charge in [-0.15, -0.1) is 0 Å². The van der Waals surface area contributed by atoms with Crippen LogP contribution in [0.1, 0.15) is 0 Å². The second-order valence-electron chi connectivity index (χ2n) is 4.93. The molecule has 2 N–H and O–H groups in total. The van der Waals surface area contributed by atoms with Crippen molar-refractivity contribution in [2.24, 2.45) is 0 Å². The normalized spacial score (nSPS) is 18.3. The zero-order valence-electron chi connectivity index (χ0n) is 12.9. The fourth-order valence-corrected chi connectivity index (χ4v) is 2.19. The molecule has 1 aromatic carbocycles. The lowest BCUT2D eigenvalue weighted by atomic mass is 10.3. The van der Waals surface area contributed by atoms with Gasteiger partial charge in [0.2, 0.25) is 5.88 Å². The van der Waals surface area contributed by atoms with Crippen LogP contribution in [0.25, 0.3) is 0 Å². The SMILES string of the molecule is COc1cc(NC(=O)NC2(C(F)(F)F)Oc3ccc(Cl)cc3O2)ncn1. The third-order valence-corrected chi connectivity index (χ3v) is 3.39. The molecule has 0 aliphatic carbocycles. The molecule has 2 aromatic rings. The molecule has 1 unspecified atom stereocenters. The summed E-state index contributed by atoms with van der Waals surface area (Å²) in [4.78, 5) is 19.4. The molecule has 1 aliphatic heterocycles. The number of aromatic nitrogens is 2. The van der Waals surface area contributed by atoms with E-state index in [9.17, 15) is 18.0 Å². The number of amides is 2. The zero-order chi connectivity index (χ0) is 18.9. The van der Waals surface area contributed by atoms with Gasteiger partial charge in [0.25, 0.3) is 0 Å². The molecular formula is C14H10ClF3N4O4. The lowest BCUT2D eigenvalue weighted by Crippen LogP contribution is -2.65. The van der Waals surface area contributed by atoms with Crippen molar-refractivity contribution in [2.45, 2.75) is 12.1 Å². The van der Waals surface area contributed by atoms with E-state index in [1.807, 2.05) is 0 Å². The molecule has 0 radical (unpaired) electrons. The van der Waals surface area contributed by atoms with E-state index >= 15 is 0 Å². The standard InChI is InChI=1S/C14H10ClF3N4O4/c1-24-11-5-10(19-6-20-11)21-12(23)22-14(13(16,17)18)25-8-3-2-7(15)4-9(8)26-14/h2-6H,1H3,(H2,19,20,21,22,23). The highest BCUT2D eigenvalue weighted by Gasteiger charge is 2.65. The van der Waals surface area contributed by atoms with Gasteiger partial charge in [0.1, 0.15) is 12.1 Å². The smallest absolute Gasteiger partial charge is 0.481 e. The Labute approximate surface area is 149 Å². The van der Waals surface area contributed by atoms with E-state index in [0.29, 0.717) is 0 Å². The van der Waals surface area contributed by atoms with Crippen molar-refractivity contribution in [1.82, 2.24) is 15.3 Å². The minimum Gasteiger partial charge on any atom is -0.481 e. The first kappa shape index (κ1) is 17.9. The van der Waals surface area contributed by atoms with Crippen molar-refractivity contribution >= 4 is 23.4 Å². The fourth-order valence-electron chi connectivity index (χ4n) is 2.03. The number of nitrogens with zero attached hydrogens (tertiary/aromatic N) is 2. The first-order valence-electron chi connectivity index (χ1n) is 6.92. The number of nitrogens with one attached hydrogen (secondary N) is 2. The van der Waals surface area contributed by atoms with Crippen molar-refractivity contribution in [3.05, 3.63) is 35.6 Å². The van der Waals surface area contributed by atoms with Gasteiger partial charge in [0.15, 0.2) is 11.5 Å². The fraction of sp³-hybridized carbons (Fsp3) is 0.214. The number of rotatable bonds is 3. The second-order valence-corrected chi connectivity index (χ2v) is 5.37. The first-order chi connectivity index (χ1) is 12.2. The molecule has 0 spiro atoms. The van der Waals surface area contributed by atoms with Crippen molar-refractivity contribution in [3.63, 3.8) is 0 Å². The molecule has 1 aliphatic rings. The number of ether oxygens (including phenoxy) is 3. The number of carbonyl (C=O) groups excluding carboxylic acids is 1. The average molecular weight is 391 g/mol. The molecule has 1 atom stereocenters. The van der Waals surface area contributed by atoms with Crippen molar-refractivity contribution in [1.29, 1.82) is 0 Å². The van der Waals surface area contributed by atoms with Crippen LogP contribution in [0.4, 0.5) is 23.8 Å². The molecule has 0 saturated heterocycles. The van der Waals surface area contributed by atoms with E-state index in [2.05, 4.69) is 15.3 Å². The maximum atomic E-state index is 13.5. The second kappa shape index (κ2) is 6.41. The van der Waals surface area contributed by atoms with Gasteiger partial charge in [-0.05, 0) is 12.1 Å². The quantitative estimate of drug-likeness (QED) is 0.836. The van der Waals surface area contributed by atoms with Gasteiger partial charge in [-0.2, -0.15) is 13.2 Å². The van der Waals surface area contributed by atoms with Gasteiger partial charge in [-0.1, -0.05) is 11.6 Å². The van der Waals surface area contributed by atoms with Gasteiger partial charge >= 0.3 is 18.1 Å². The Morgan fingerprint density at radius 3 is 2.65 bits per heavy atom. The largest absolute Gasteiger partial charge is 0.492 e. The summed E-state index contributed by atoms with van der Waals surface area (Å²) in [7, 11) is 1.33. The van der Waals surface area contributed by atoms with E-state index in [0.717, 1.165) is 12.4 Å². The molecule has 3 rings (SSSR count). The molecule has 0 bridgehead atoms. The number of fused-ring (bicyclic) bond motifs is 1. The Hall–Kier alpha value is -2.95. The molecule has 8 nitrogen and oxygen atoms in total. The summed E-state index contributed by atoms with van der Waals surface area (Å²) in [5.41, 5.74) is 0. The summed E-state index contributed by atoms with van der Waals surface area (Å²) >= 11 is 5.73. The number of alkyl halides is 3. The molecule has 12 heteroatoms. The number of anilines is 1. The van der Waals surface area contributed by atoms with Crippen LogP contribution in [-0.2, 0) is 0 Å². The average Bonchev–Trinajstić information content (AvgIpc) is 2.93. The van der Waals surface area contributed by atoms with Crippen LogP contribution in [0.15, 0.2) is 30.6 Å². The van der Waals surface area contributed by atoms with Gasteiger partial charge in [-0.3, -0.25) is 10.6 Å². The first-order valence-corrected chi connectivity index (χ1v) is 7.30. The number of hydrogen-bond acceptors (Lipinski definition) is 6. The summed E-state index contributed by atoms with van der Waals surface area (Å²) in [5.74, 6) is -3.89.